The molecular formula is C6F11NaO4. The average Bonchev–Trinajstić information content (AvgIpc) is 2.10. The Hall–Kier alpha value is -0.380. The maximum atomic E-state index is 12.5. The van der Waals surface area contributed by atoms with Crippen LogP contribution in [-0.4, -0.2) is 36.6 Å². The molecule has 0 radical (unpaired) electrons. The van der Waals surface area contributed by atoms with Gasteiger partial charge in [0.25, 0.3) is 0 Å². The van der Waals surface area contributed by atoms with E-state index in [1.165, 1.54) is 4.74 Å². The molecule has 0 spiro atoms. The van der Waals surface area contributed by atoms with Gasteiger partial charge in [-0.05, 0) is 0 Å². The quantitative estimate of drug-likeness (QED) is 0.433. The van der Waals surface area contributed by atoms with Crippen molar-refractivity contribution in [2.24, 2.45) is 0 Å². The maximum absolute atomic E-state index is 12.5. The normalized spacial score (nSPS) is 14.5. The summed E-state index contributed by atoms with van der Waals surface area (Å²) in [6.07, 6.45) is -26.9. The third kappa shape index (κ3) is 5.36. The van der Waals surface area contributed by atoms with Crippen molar-refractivity contribution >= 4 is 5.97 Å². The summed E-state index contributed by atoms with van der Waals surface area (Å²) < 4.78 is 136. The van der Waals surface area contributed by atoms with Gasteiger partial charge < -0.3 is 9.90 Å². The second-order valence-corrected chi connectivity index (χ2v) is 3.06. The first-order chi connectivity index (χ1) is 8.86. The van der Waals surface area contributed by atoms with Crippen LogP contribution in [-0.2, 0) is 14.3 Å². The van der Waals surface area contributed by atoms with Crippen LogP contribution in [0.25, 0.3) is 0 Å². The number of hydrogen-bond acceptors (Lipinski definition) is 4. The third-order valence-corrected chi connectivity index (χ3v) is 1.47. The van der Waals surface area contributed by atoms with Crippen LogP contribution in [0.3, 0.4) is 0 Å². The van der Waals surface area contributed by atoms with Gasteiger partial charge in [-0.3, -0.25) is 0 Å². The fourth-order valence-corrected chi connectivity index (χ4v) is 0.646. The second kappa shape index (κ2) is 6.62. The van der Waals surface area contributed by atoms with Gasteiger partial charge in [0, 0.05) is 0 Å². The molecule has 0 saturated heterocycles. The fraction of sp³-hybridized carbons (Fsp3) is 0.833. The Morgan fingerprint density at radius 3 is 1.32 bits per heavy atom. The average molecular weight is 368 g/mol. The Balaban J connectivity index is 0. The van der Waals surface area contributed by atoms with Crippen molar-refractivity contribution in [3.05, 3.63) is 0 Å². The zero-order valence-corrected chi connectivity index (χ0v) is 11.8. The summed E-state index contributed by atoms with van der Waals surface area (Å²) in [6.45, 7) is 0. The van der Waals surface area contributed by atoms with Crippen LogP contribution in [0.15, 0.2) is 0 Å². The molecule has 0 aromatic carbocycles. The van der Waals surface area contributed by atoms with E-state index in [1.54, 1.807) is 4.74 Å². The van der Waals surface area contributed by atoms with Crippen LogP contribution < -0.4 is 34.7 Å². The van der Waals surface area contributed by atoms with E-state index in [1.807, 2.05) is 0 Å². The number of aliphatic carboxylic acids is 1. The molecule has 0 aliphatic heterocycles. The predicted molar refractivity (Wildman–Crippen MR) is 33.0 cm³/mol. The molecule has 0 rings (SSSR count). The van der Waals surface area contributed by atoms with E-state index < -0.39 is 36.6 Å². The minimum absolute atomic E-state index is 0. The van der Waals surface area contributed by atoms with Gasteiger partial charge in [-0.2, -0.15) is 35.1 Å². The Bertz CT molecular complexity index is 406. The van der Waals surface area contributed by atoms with Crippen LogP contribution >= 0.6 is 0 Å². The van der Waals surface area contributed by atoms with Crippen LogP contribution in [0, 0.1) is 0 Å². The van der Waals surface area contributed by atoms with Gasteiger partial charge in [-0.15, -0.1) is 13.2 Å². The number of hydrogen-bond donors (Lipinski definition) is 0. The number of rotatable bonds is 6. The molecule has 126 valence electrons. The summed E-state index contributed by atoms with van der Waals surface area (Å²) in [5, 5.41) is 9.54. The van der Waals surface area contributed by atoms with Gasteiger partial charge in [-0.1, -0.05) is 0 Å². The van der Waals surface area contributed by atoms with Crippen molar-refractivity contribution < 1.29 is 97.2 Å². The molecule has 0 aromatic rings. The van der Waals surface area contributed by atoms with Gasteiger partial charge >= 0.3 is 60.2 Å². The van der Waals surface area contributed by atoms with E-state index >= 15 is 0 Å². The number of carbonyl (C=O) groups excluding carboxylic acids is 1. The monoisotopic (exact) mass is 368 g/mol. The summed E-state index contributed by atoms with van der Waals surface area (Å²) in [5.74, 6) is -11.1. The van der Waals surface area contributed by atoms with Gasteiger partial charge in [0.2, 0.25) is 0 Å². The molecule has 0 saturated carbocycles. The maximum Gasteiger partial charge on any atom is 1.00 e. The van der Waals surface area contributed by atoms with Gasteiger partial charge in [0.05, 0.1) is 0 Å². The van der Waals surface area contributed by atoms with Gasteiger partial charge in [-0.25, -0.2) is 9.47 Å². The number of carboxylic acid groups (broad SMARTS) is 1. The molecule has 22 heavy (non-hydrogen) atoms. The number of carboxylic acids is 1. The van der Waals surface area contributed by atoms with Crippen molar-refractivity contribution in [3.8, 4) is 0 Å². The standard InChI is InChI=1S/C6HF11O4.Na/c7-2(8,1(18)19)20-4(11,12)3(9,10)5(13,14)21-6(15,16)17;/h(H,18,19);/q;+1/p-1. The molecule has 0 aliphatic carbocycles. The molecule has 0 N–H and O–H groups in total. The van der Waals surface area contributed by atoms with E-state index in [9.17, 15) is 58.2 Å². The molecule has 0 amide bonds. The second-order valence-electron chi connectivity index (χ2n) is 3.06. The van der Waals surface area contributed by atoms with Crippen molar-refractivity contribution in [2.45, 2.75) is 30.6 Å². The predicted octanol–water partition coefficient (Wildman–Crippen LogP) is -1.29. The summed E-state index contributed by atoms with van der Waals surface area (Å²) in [6, 6.07) is 0. The van der Waals surface area contributed by atoms with Crippen LogP contribution in [0.5, 0.6) is 0 Å². The fourth-order valence-electron chi connectivity index (χ4n) is 0.646. The Kier molecular flexibility index (Phi) is 7.19. The molecule has 4 nitrogen and oxygen atoms in total. The van der Waals surface area contributed by atoms with Crippen LogP contribution in [0.1, 0.15) is 0 Å². The number of ether oxygens (including phenoxy) is 2. The van der Waals surface area contributed by atoms with Crippen molar-refractivity contribution in [2.75, 3.05) is 0 Å². The van der Waals surface area contributed by atoms with Gasteiger partial charge in [0.15, 0.2) is 0 Å². The number of alkyl halides is 11. The molecular weight excluding hydrogens is 368 g/mol. The first kappa shape index (κ1) is 23.9. The van der Waals surface area contributed by atoms with Crippen molar-refractivity contribution in [3.63, 3.8) is 0 Å². The zero-order chi connectivity index (χ0) is 17.5. The van der Waals surface area contributed by atoms with E-state index in [-0.39, 0.29) is 29.6 Å². The molecule has 0 aliphatic rings. The minimum atomic E-state index is -7.31. The topological polar surface area (TPSA) is 58.6 Å². The SMILES string of the molecule is O=C([O-])C(F)(F)OC(F)(F)C(F)(F)C(F)(F)OC(F)(F)F.[Na+]. The summed E-state index contributed by atoms with van der Waals surface area (Å²) in [4.78, 5) is 9.54. The van der Waals surface area contributed by atoms with Crippen molar-refractivity contribution in [1.29, 1.82) is 0 Å². The summed E-state index contributed by atoms with van der Waals surface area (Å²) in [5.41, 5.74) is 0. The Morgan fingerprint density at radius 2 is 1.05 bits per heavy atom. The molecule has 0 atom stereocenters. The third-order valence-electron chi connectivity index (χ3n) is 1.47. The first-order valence-electron chi connectivity index (χ1n) is 4.05. The summed E-state index contributed by atoms with van der Waals surface area (Å²) >= 11 is 0. The van der Waals surface area contributed by atoms with E-state index in [4.69, 9.17) is 0 Å². The van der Waals surface area contributed by atoms with E-state index in [0.717, 1.165) is 0 Å². The minimum Gasteiger partial charge on any atom is -0.542 e. The summed E-state index contributed by atoms with van der Waals surface area (Å²) in [7, 11) is 0. The molecule has 0 aromatic heterocycles. The largest absolute Gasteiger partial charge is 1.00 e. The van der Waals surface area contributed by atoms with E-state index in [2.05, 4.69) is 0 Å². The van der Waals surface area contributed by atoms with Crippen LogP contribution in [0.2, 0.25) is 0 Å². The van der Waals surface area contributed by atoms with Crippen molar-refractivity contribution in [1.82, 2.24) is 0 Å². The smallest absolute Gasteiger partial charge is 0.542 e. The Labute approximate surface area is 134 Å². The number of carbonyl (C=O) groups is 1. The van der Waals surface area contributed by atoms with E-state index in [0.29, 0.717) is 0 Å². The van der Waals surface area contributed by atoms with Crippen LogP contribution in [0.4, 0.5) is 48.3 Å². The van der Waals surface area contributed by atoms with Gasteiger partial charge in [0.1, 0.15) is 5.97 Å². The number of halogens is 11. The zero-order valence-electron chi connectivity index (χ0n) is 9.79. The molecule has 0 fully saturated rings. The molecule has 0 bridgehead atoms. The Morgan fingerprint density at radius 1 is 0.727 bits per heavy atom. The molecule has 16 heteroatoms. The molecule has 0 heterocycles. The molecule has 0 unspecified atom stereocenters. The first-order valence-corrected chi connectivity index (χ1v) is 4.05.